The van der Waals surface area contributed by atoms with Crippen LogP contribution in [0.15, 0.2) is 121 Å². The number of hydroxylamine groups is 2. The van der Waals surface area contributed by atoms with E-state index in [1.54, 1.807) is 0 Å². The number of carbonyl (C=O) groups is 2. The highest BCUT2D eigenvalue weighted by Crippen LogP contribution is 2.40. The van der Waals surface area contributed by atoms with Gasteiger partial charge in [-0.2, -0.15) is 0 Å². The number of nitrogens with zero attached hydrogens (tertiary/aromatic N) is 1. The molecule has 0 bridgehead atoms. The molecule has 0 fully saturated rings. The number of esters is 1. The Hall–Kier alpha value is -4.04. The van der Waals surface area contributed by atoms with Crippen LogP contribution in [0.1, 0.15) is 38.8 Å². The van der Waals surface area contributed by atoms with E-state index in [1.807, 2.05) is 97.1 Å². The summed E-state index contributed by atoms with van der Waals surface area (Å²) in [6.07, 6.45) is 0. The average molecular weight is 582 g/mol. The Kier molecular flexibility index (Phi) is 9.78. The molecule has 0 aliphatic heterocycles. The molecule has 0 saturated heterocycles. The molecule has 0 heterocycles. The van der Waals surface area contributed by atoms with Crippen LogP contribution >= 0.6 is 0 Å². The predicted molar refractivity (Wildman–Crippen MR) is 167 cm³/mol. The third-order valence-electron chi connectivity index (χ3n) is 7.52. The lowest BCUT2D eigenvalue weighted by molar-refractivity contribution is -0.238. The van der Waals surface area contributed by atoms with E-state index in [1.165, 1.54) is 19.1 Å². The van der Waals surface area contributed by atoms with Gasteiger partial charge in [-0.05, 0) is 26.5 Å². The highest BCUT2D eigenvalue weighted by Gasteiger charge is 2.56. The van der Waals surface area contributed by atoms with Crippen molar-refractivity contribution in [2.24, 2.45) is 0 Å². The summed E-state index contributed by atoms with van der Waals surface area (Å²) in [6.45, 7) is 7.86. The van der Waals surface area contributed by atoms with Crippen LogP contribution in [0, 0.1) is 0 Å². The second-order valence-corrected chi connectivity index (χ2v) is 15.6. The van der Waals surface area contributed by atoms with E-state index in [0.717, 1.165) is 15.9 Å². The first-order chi connectivity index (χ1) is 20.1. The zero-order valence-corrected chi connectivity index (χ0v) is 25.9. The molecule has 7 heteroatoms. The third-order valence-corrected chi connectivity index (χ3v) is 12.5. The number of hydrogen-bond acceptors (Lipinski definition) is 6. The second-order valence-electron chi connectivity index (χ2n) is 11.3. The fraction of sp³-hybridized carbons (Fsp3) is 0.257. The van der Waals surface area contributed by atoms with Crippen molar-refractivity contribution >= 4 is 30.6 Å². The minimum Gasteiger partial charge on any atom is -0.467 e. The molecule has 4 aromatic rings. The lowest BCUT2D eigenvalue weighted by Gasteiger charge is -2.47. The Balaban J connectivity index is 1.97. The van der Waals surface area contributed by atoms with Gasteiger partial charge in [0.05, 0.1) is 20.3 Å². The van der Waals surface area contributed by atoms with Crippen molar-refractivity contribution in [1.82, 2.24) is 5.06 Å². The highest BCUT2D eigenvalue weighted by molar-refractivity contribution is 6.99. The first-order valence-corrected chi connectivity index (χ1v) is 15.9. The molecule has 0 N–H and O–H groups in total. The van der Waals surface area contributed by atoms with Gasteiger partial charge in [0, 0.05) is 6.92 Å². The monoisotopic (exact) mass is 581 g/mol. The summed E-state index contributed by atoms with van der Waals surface area (Å²) in [6, 6.07) is 39.3. The number of hydrogen-bond donors (Lipinski definition) is 0. The number of rotatable bonds is 11. The standard InChI is InChI=1S/C35H39NO5Si/c1-28(37)41-36(26-29-18-10-6-11-19-29)35(33(38)39-5,30-20-12-7-13-21-30)27-40-42(34(2,3)4,31-22-14-8-15-23-31)32-24-16-9-17-25-32/h6-25H,26-27H2,1-5H3/t35-/m0/s1. The molecule has 0 radical (unpaired) electrons. The number of benzene rings is 4. The van der Waals surface area contributed by atoms with E-state index in [-0.39, 0.29) is 18.2 Å². The van der Waals surface area contributed by atoms with Gasteiger partial charge in [0.25, 0.3) is 8.32 Å². The summed E-state index contributed by atoms with van der Waals surface area (Å²) in [7, 11) is -1.76. The van der Waals surface area contributed by atoms with Gasteiger partial charge in [0.2, 0.25) is 5.54 Å². The van der Waals surface area contributed by atoms with Gasteiger partial charge in [-0.25, -0.2) is 4.79 Å². The minimum absolute atomic E-state index is 0.128. The number of carbonyl (C=O) groups excluding carboxylic acids is 2. The van der Waals surface area contributed by atoms with Crippen molar-refractivity contribution in [3.63, 3.8) is 0 Å². The molecule has 0 amide bonds. The highest BCUT2D eigenvalue weighted by atomic mass is 28.4. The molecule has 0 saturated carbocycles. The van der Waals surface area contributed by atoms with Crippen LogP contribution in [0.3, 0.4) is 0 Å². The molecular weight excluding hydrogens is 542 g/mol. The Labute approximate surface area is 249 Å². The van der Waals surface area contributed by atoms with E-state index < -0.39 is 25.8 Å². The van der Waals surface area contributed by atoms with Gasteiger partial charge in [-0.3, -0.25) is 4.79 Å². The van der Waals surface area contributed by atoms with Crippen LogP contribution in [-0.4, -0.2) is 39.0 Å². The Morgan fingerprint density at radius 3 is 1.60 bits per heavy atom. The van der Waals surface area contributed by atoms with Gasteiger partial charge < -0.3 is 14.0 Å². The summed E-state index contributed by atoms with van der Waals surface area (Å²) >= 11 is 0. The maximum atomic E-state index is 14.2. The molecule has 0 aromatic heterocycles. The lowest BCUT2D eigenvalue weighted by Crippen LogP contribution is -2.69. The molecular formula is C35H39NO5Si. The molecule has 0 aliphatic rings. The van der Waals surface area contributed by atoms with Crippen LogP contribution in [0.5, 0.6) is 0 Å². The molecule has 42 heavy (non-hydrogen) atoms. The van der Waals surface area contributed by atoms with Crippen molar-refractivity contribution in [3.05, 3.63) is 132 Å². The molecule has 0 spiro atoms. The van der Waals surface area contributed by atoms with E-state index in [9.17, 15) is 9.59 Å². The van der Waals surface area contributed by atoms with E-state index in [0.29, 0.717) is 5.56 Å². The molecule has 218 valence electrons. The molecule has 6 nitrogen and oxygen atoms in total. The van der Waals surface area contributed by atoms with Crippen molar-refractivity contribution in [2.45, 2.75) is 44.8 Å². The molecule has 1 atom stereocenters. The van der Waals surface area contributed by atoms with Gasteiger partial charge in [-0.15, -0.1) is 5.06 Å². The van der Waals surface area contributed by atoms with Gasteiger partial charge in [0.15, 0.2) is 0 Å². The van der Waals surface area contributed by atoms with Crippen LogP contribution in [-0.2, 0) is 35.7 Å². The lowest BCUT2D eigenvalue weighted by atomic mass is 9.89. The molecule has 4 rings (SSSR count). The first kappa shape index (κ1) is 30.9. The molecule has 0 aliphatic carbocycles. The SMILES string of the molecule is COC(=O)[C@](CO[Si](c1ccccc1)(c1ccccc1)C(C)(C)C)(c1ccccc1)N(Cc1ccccc1)OC(C)=O. The number of methoxy groups -OCH3 is 1. The second kappa shape index (κ2) is 13.3. The van der Waals surface area contributed by atoms with Crippen molar-refractivity contribution < 1.29 is 23.6 Å². The predicted octanol–water partition coefficient (Wildman–Crippen LogP) is 5.61. The Morgan fingerprint density at radius 1 is 0.714 bits per heavy atom. The van der Waals surface area contributed by atoms with Crippen LogP contribution in [0.2, 0.25) is 5.04 Å². The zero-order valence-electron chi connectivity index (χ0n) is 24.9. The average Bonchev–Trinajstić information content (AvgIpc) is 3.00. The van der Waals surface area contributed by atoms with Crippen molar-refractivity contribution in [2.75, 3.05) is 13.7 Å². The normalized spacial score (nSPS) is 13.3. The largest absolute Gasteiger partial charge is 0.467 e. The molecule has 0 unspecified atom stereocenters. The van der Waals surface area contributed by atoms with Crippen LogP contribution in [0.4, 0.5) is 0 Å². The Morgan fingerprint density at radius 2 is 1.17 bits per heavy atom. The van der Waals surface area contributed by atoms with E-state index in [4.69, 9.17) is 14.0 Å². The fourth-order valence-electron chi connectivity index (χ4n) is 5.58. The zero-order chi connectivity index (χ0) is 30.2. The topological polar surface area (TPSA) is 65.1 Å². The van der Waals surface area contributed by atoms with E-state index in [2.05, 4.69) is 45.0 Å². The van der Waals surface area contributed by atoms with Gasteiger partial charge >= 0.3 is 11.9 Å². The number of ether oxygens (including phenoxy) is 1. The summed E-state index contributed by atoms with van der Waals surface area (Å²) in [5.41, 5.74) is -0.176. The third kappa shape index (κ3) is 6.23. The molecule has 4 aromatic carbocycles. The summed E-state index contributed by atoms with van der Waals surface area (Å²) in [4.78, 5) is 32.6. The maximum Gasteiger partial charge on any atom is 0.336 e. The smallest absolute Gasteiger partial charge is 0.336 e. The maximum absolute atomic E-state index is 14.2. The van der Waals surface area contributed by atoms with E-state index >= 15 is 0 Å². The van der Waals surface area contributed by atoms with Crippen molar-refractivity contribution in [1.29, 1.82) is 0 Å². The fourth-order valence-corrected chi connectivity index (χ4v) is 10.2. The Bertz CT molecular complexity index is 1400. The summed E-state index contributed by atoms with van der Waals surface area (Å²) < 4.78 is 12.8. The first-order valence-electron chi connectivity index (χ1n) is 14.0. The minimum atomic E-state index is -3.10. The van der Waals surface area contributed by atoms with Crippen molar-refractivity contribution in [3.8, 4) is 0 Å². The quantitative estimate of drug-likeness (QED) is 0.130. The van der Waals surface area contributed by atoms with Crippen LogP contribution < -0.4 is 10.4 Å². The van der Waals surface area contributed by atoms with Crippen LogP contribution in [0.25, 0.3) is 0 Å². The van der Waals surface area contributed by atoms with Gasteiger partial charge in [0.1, 0.15) is 0 Å². The summed E-state index contributed by atoms with van der Waals surface area (Å²) in [5, 5.41) is 3.21. The summed E-state index contributed by atoms with van der Waals surface area (Å²) in [5.74, 6) is -1.15. The van der Waals surface area contributed by atoms with Gasteiger partial charge in [-0.1, -0.05) is 142 Å².